The minimum Gasteiger partial charge on any atom is -0.487 e. The van der Waals surface area contributed by atoms with Gasteiger partial charge in [0.2, 0.25) is 0 Å². The second kappa shape index (κ2) is 7.00. The van der Waals surface area contributed by atoms with E-state index in [2.05, 4.69) is 17.2 Å². The molecule has 1 N–H and O–H groups in total. The first-order chi connectivity index (χ1) is 9.28. The zero-order valence-corrected chi connectivity index (χ0v) is 11.7. The van der Waals surface area contributed by atoms with E-state index in [-0.39, 0.29) is 0 Å². The summed E-state index contributed by atoms with van der Waals surface area (Å²) in [5.41, 5.74) is 0.890. The van der Waals surface area contributed by atoms with Crippen molar-refractivity contribution in [2.75, 3.05) is 11.9 Å². The maximum Gasteiger partial charge on any atom is 0.130 e. The normalized spacial score (nSPS) is 10.2. The van der Waals surface area contributed by atoms with E-state index in [1.165, 1.54) is 0 Å². The summed E-state index contributed by atoms with van der Waals surface area (Å²) in [5.74, 6) is 1.63. The van der Waals surface area contributed by atoms with Gasteiger partial charge in [0.05, 0.1) is 5.69 Å². The van der Waals surface area contributed by atoms with E-state index in [1.807, 2.05) is 36.4 Å². The quantitative estimate of drug-likeness (QED) is 0.861. The van der Waals surface area contributed by atoms with E-state index in [4.69, 9.17) is 16.3 Å². The van der Waals surface area contributed by atoms with Crippen molar-refractivity contribution < 1.29 is 4.74 Å². The highest BCUT2D eigenvalue weighted by Crippen LogP contribution is 2.18. The van der Waals surface area contributed by atoms with Gasteiger partial charge in [0.15, 0.2) is 0 Å². The maximum atomic E-state index is 5.90. The Morgan fingerprint density at radius 3 is 2.84 bits per heavy atom. The molecule has 0 atom stereocenters. The minimum atomic E-state index is 0.433. The number of hydrogen-bond acceptors (Lipinski definition) is 3. The Hall–Kier alpha value is -1.74. The van der Waals surface area contributed by atoms with Gasteiger partial charge in [0.25, 0.3) is 0 Å². The highest BCUT2D eigenvalue weighted by molar-refractivity contribution is 6.30. The average Bonchev–Trinajstić information content (AvgIpc) is 2.43. The van der Waals surface area contributed by atoms with Gasteiger partial charge in [-0.3, -0.25) is 0 Å². The molecular formula is C15H17ClN2O. The van der Waals surface area contributed by atoms with E-state index < -0.39 is 0 Å². The van der Waals surface area contributed by atoms with Crippen LogP contribution in [0.5, 0.6) is 5.75 Å². The summed E-state index contributed by atoms with van der Waals surface area (Å²) in [6.07, 6.45) is 1.07. The summed E-state index contributed by atoms with van der Waals surface area (Å²) < 4.78 is 5.66. The number of nitrogens with zero attached hydrogens (tertiary/aromatic N) is 1. The van der Waals surface area contributed by atoms with E-state index >= 15 is 0 Å². The first-order valence-electron chi connectivity index (χ1n) is 6.36. The lowest BCUT2D eigenvalue weighted by Gasteiger charge is -2.08. The first kappa shape index (κ1) is 13.7. The van der Waals surface area contributed by atoms with Gasteiger partial charge in [-0.25, -0.2) is 4.98 Å². The van der Waals surface area contributed by atoms with Gasteiger partial charge in [0, 0.05) is 11.6 Å². The van der Waals surface area contributed by atoms with Crippen LogP contribution in [-0.2, 0) is 6.61 Å². The SMILES string of the molecule is CCCNc1cccc(COc2cccc(Cl)c2)n1. The Labute approximate surface area is 118 Å². The molecule has 19 heavy (non-hydrogen) atoms. The Balaban J connectivity index is 1.95. The number of aromatic nitrogens is 1. The van der Waals surface area contributed by atoms with Crippen LogP contribution >= 0.6 is 11.6 Å². The molecule has 0 amide bonds. The largest absolute Gasteiger partial charge is 0.487 e. The van der Waals surface area contributed by atoms with Gasteiger partial charge < -0.3 is 10.1 Å². The topological polar surface area (TPSA) is 34.1 Å². The third kappa shape index (κ3) is 4.45. The van der Waals surface area contributed by atoms with Crippen LogP contribution in [0.4, 0.5) is 5.82 Å². The highest BCUT2D eigenvalue weighted by atomic mass is 35.5. The fourth-order valence-electron chi connectivity index (χ4n) is 1.63. The molecule has 1 aromatic carbocycles. The molecule has 1 aromatic heterocycles. The number of benzene rings is 1. The second-order valence-corrected chi connectivity index (χ2v) is 4.62. The van der Waals surface area contributed by atoms with Crippen molar-refractivity contribution in [3.05, 3.63) is 53.2 Å². The number of halogens is 1. The monoisotopic (exact) mass is 276 g/mol. The summed E-state index contributed by atoms with van der Waals surface area (Å²) in [6.45, 7) is 3.48. The molecule has 1 heterocycles. The molecule has 0 saturated heterocycles. The summed E-state index contributed by atoms with van der Waals surface area (Å²) in [7, 11) is 0. The molecule has 0 aliphatic rings. The van der Waals surface area contributed by atoms with Crippen molar-refractivity contribution in [1.29, 1.82) is 0 Å². The average molecular weight is 277 g/mol. The van der Waals surface area contributed by atoms with Crippen molar-refractivity contribution in [2.45, 2.75) is 20.0 Å². The Morgan fingerprint density at radius 1 is 1.21 bits per heavy atom. The summed E-state index contributed by atoms with van der Waals surface area (Å²) in [6, 6.07) is 13.2. The Morgan fingerprint density at radius 2 is 2.05 bits per heavy atom. The van der Waals surface area contributed by atoms with Gasteiger partial charge in [-0.2, -0.15) is 0 Å². The van der Waals surface area contributed by atoms with Gasteiger partial charge in [-0.15, -0.1) is 0 Å². The molecule has 0 saturated carbocycles. The highest BCUT2D eigenvalue weighted by Gasteiger charge is 2.00. The molecule has 0 aliphatic heterocycles. The van der Waals surface area contributed by atoms with Crippen molar-refractivity contribution in [1.82, 2.24) is 4.98 Å². The van der Waals surface area contributed by atoms with Crippen LogP contribution in [0.3, 0.4) is 0 Å². The lowest BCUT2D eigenvalue weighted by atomic mass is 10.3. The third-order valence-electron chi connectivity index (χ3n) is 2.55. The summed E-state index contributed by atoms with van der Waals surface area (Å²) >= 11 is 5.90. The van der Waals surface area contributed by atoms with Gasteiger partial charge in [0.1, 0.15) is 18.2 Å². The third-order valence-corrected chi connectivity index (χ3v) is 2.78. The molecular weight excluding hydrogens is 260 g/mol. The van der Waals surface area contributed by atoms with Crippen LogP contribution < -0.4 is 10.1 Å². The van der Waals surface area contributed by atoms with Crippen LogP contribution in [0, 0.1) is 0 Å². The van der Waals surface area contributed by atoms with Crippen LogP contribution in [0.25, 0.3) is 0 Å². The zero-order chi connectivity index (χ0) is 13.5. The van der Waals surface area contributed by atoms with E-state index in [9.17, 15) is 0 Å². The summed E-state index contributed by atoms with van der Waals surface area (Å²) in [4.78, 5) is 4.48. The molecule has 3 nitrogen and oxygen atoms in total. The smallest absolute Gasteiger partial charge is 0.130 e. The van der Waals surface area contributed by atoms with E-state index in [0.717, 1.165) is 30.2 Å². The molecule has 100 valence electrons. The number of pyridine rings is 1. The van der Waals surface area contributed by atoms with E-state index in [1.54, 1.807) is 6.07 Å². The van der Waals surface area contributed by atoms with E-state index in [0.29, 0.717) is 11.6 Å². The lowest BCUT2D eigenvalue weighted by Crippen LogP contribution is -2.04. The fraction of sp³-hybridized carbons (Fsp3) is 0.267. The molecule has 0 radical (unpaired) electrons. The number of anilines is 1. The fourth-order valence-corrected chi connectivity index (χ4v) is 1.81. The number of ether oxygens (including phenoxy) is 1. The number of hydrogen-bond donors (Lipinski definition) is 1. The summed E-state index contributed by atoms with van der Waals surface area (Å²) in [5, 5.41) is 3.92. The van der Waals surface area contributed by atoms with Crippen molar-refractivity contribution in [3.63, 3.8) is 0 Å². The first-order valence-corrected chi connectivity index (χ1v) is 6.74. The Kier molecular flexibility index (Phi) is 5.04. The van der Waals surface area contributed by atoms with Crippen LogP contribution in [0.15, 0.2) is 42.5 Å². The molecule has 0 fully saturated rings. The van der Waals surface area contributed by atoms with Gasteiger partial charge in [-0.05, 0) is 36.8 Å². The maximum absolute atomic E-state index is 5.90. The molecule has 4 heteroatoms. The zero-order valence-electron chi connectivity index (χ0n) is 10.9. The minimum absolute atomic E-state index is 0.433. The van der Waals surface area contributed by atoms with Crippen LogP contribution in [0.2, 0.25) is 5.02 Å². The molecule has 2 aromatic rings. The van der Waals surface area contributed by atoms with Crippen molar-refractivity contribution in [2.24, 2.45) is 0 Å². The van der Waals surface area contributed by atoms with Gasteiger partial charge in [-0.1, -0.05) is 30.7 Å². The van der Waals surface area contributed by atoms with Crippen molar-refractivity contribution in [3.8, 4) is 5.75 Å². The van der Waals surface area contributed by atoms with Crippen LogP contribution in [0.1, 0.15) is 19.0 Å². The lowest BCUT2D eigenvalue weighted by molar-refractivity contribution is 0.301. The second-order valence-electron chi connectivity index (χ2n) is 4.19. The number of nitrogens with one attached hydrogen (secondary N) is 1. The predicted octanol–water partition coefficient (Wildman–Crippen LogP) is 4.14. The molecule has 0 spiro atoms. The van der Waals surface area contributed by atoms with Crippen LogP contribution in [-0.4, -0.2) is 11.5 Å². The molecule has 0 unspecified atom stereocenters. The molecule has 2 rings (SSSR count). The predicted molar refractivity (Wildman–Crippen MR) is 78.8 cm³/mol. The Bertz CT molecular complexity index is 531. The van der Waals surface area contributed by atoms with Crippen molar-refractivity contribution >= 4 is 17.4 Å². The van der Waals surface area contributed by atoms with Gasteiger partial charge >= 0.3 is 0 Å². The molecule has 0 aliphatic carbocycles. The molecule has 0 bridgehead atoms. The standard InChI is InChI=1S/C15H17ClN2O/c1-2-9-17-15-8-4-6-13(18-15)11-19-14-7-3-5-12(16)10-14/h3-8,10H,2,9,11H2,1H3,(H,17,18). The number of rotatable bonds is 6.